The fraction of sp³-hybridized carbons (Fsp3) is 0.190. The van der Waals surface area contributed by atoms with Crippen molar-refractivity contribution < 1.29 is 9.21 Å². The van der Waals surface area contributed by atoms with Gasteiger partial charge in [0, 0.05) is 18.3 Å². The molecule has 2 aromatic carbocycles. The Hall–Kier alpha value is -3.19. The normalized spacial score (nSPS) is 11.0. The van der Waals surface area contributed by atoms with Crippen LogP contribution in [-0.2, 0) is 11.3 Å². The van der Waals surface area contributed by atoms with Crippen LogP contribution in [0, 0.1) is 6.92 Å². The quantitative estimate of drug-likeness (QED) is 0.483. The monoisotopic (exact) mass is 393 g/mol. The number of hydrogen-bond donors (Lipinski definition) is 0. The van der Waals surface area contributed by atoms with E-state index in [9.17, 15) is 9.59 Å². The molecule has 6 nitrogen and oxygen atoms in total. The van der Waals surface area contributed by atoms with E-state index in [0.29, 0.717) is 30.1 Å². The van der Waals surface area contributed by atoms with Gasteiger partial charge in [-0.1, -0.05) is 30.3 Å². The van der Waals surface area contributed by atoms with Gasteiger partial charge in [0.1, 0.15) is 0 Å². The average Bonchev–Trinajstić information content (AvgIpc) is 3.26. The van der Waals surface area contributed by atoms with Gasteiger partial charge in [-0.2, -0.15) is 0 Å². The topological polar surface area (TPSA) is 68.3 Å². The second kappa shape index (κ2) is 7.82. The maximum atomic E-state index is 13.0. The van der Waals surface area contributed by atoms with E-state index in [2.05, 4.69) is 4.98 Å². The molecule has 0 saturated carbocycles. The zero-order valence-corrected chi connectivity index (χ0v) is 16.2. The van der Waals surface area contributed by atoms with Crippen molar-refractivity contribution in [2.45, 2.75) is 26.3 Å². The van der Waals surface area contributed by atoms with Gasteiger partial charge in [-0.05, 0) is 37.6 Å². The van der Waals surface area contributed by atoms with E-state index in [1.165, 1.54) is 11.3 Å². The molecule has 4 aromatic rings. The minimum Gasteiger partial charge on any atom is -0.408 e. The van der Waals surface area contributed by atoms with Gasteiger partial charge < -0.3 is 4.42 Å². The summed E-state index contributed by atoms with van der Waals surface area (Å²) in [6, 6.07) is 16.8. The zero-order valence-electron chi connectivity index (χ0n) is 15.4. The molecule has 7 heteroatoms. The van der Waals surface area contributed by atoms with Crippen LogP contribution in [0.1, 0.15) is 18.5 Å². The summed E-state index contributed by atoms with van der Waals surface area (Å²) in [7, 11) is 0. The van der Waals surface area contributed by atoms with Gasteiger partial charge >= 0.3 is 5.76 Å². The fourth-order valence-corrected chi connectivity index (χ4v) is 3.95. The maximum Gasteiger partial charge on any atom is 0.419 e. The van der Waals surface area contributed by atoms with Crippen molar-refractivity contribution in [3.63, 3.8) is 0 Å². The Labute approximate surface area is 165 Å². The second-order valence-corrected chi connectivity index (χ2v) is 7.26. The number of oxazole rings is 1. The molecular weight excluding hydrogens is 374 g/mol. The van der Waals surface area contributed by atoms with Crippen LogP contribution in [0.5, 0.6) is 0 Å². The first-order chi connectivity index (χ1) is 13.6. The van der Waals surface area contributed by atoms with Gasteiger partial charge in [0.25, 0.3) is 0 Å². The average molecular weight is 393 g/mol. The van der Waals surface area contributed by atoms with Crippen molar-refractivity contribution in [1.29, 1.82) is 0 Å². The SMILES string of the molecule is Cc1csc(N(C(=O)CCCn2c(=O)oc3ccccc32)c2ccccc2)n1. The van der Waals surface area contributed by atoms with Crippen molar-refractivity contribution in [1.82, 2.24) is 9.55 Å². The summed E-state index contributed by atoms with van der Waals surface area (Å²) in [6.45, 7) is 2.32. The molecule has 28 heavy (non-hydrogen) atoms. The molecule has 0 bridgehead atoms. The highest BCUT2D eigenvalue weighted by Gasteiger charge is 2.20. The Morgan fingerprint density at radius 1 is 1.14 bits per heavy atom. The number of para-hydroxylation sites is 3. The molecule has 4 rings (SSSR count). The third-order valence-corrected chi connectivity index (χ3v) is 5.35. The molecule has 0 radical (unpaired) electrons. The van der Waals surface area contributed by atoms with Crippen LogP contribution in [0.3, 0.4) is 0 Å². The van der Waals surface area contributed by atoms with Gasteiger partial charge in [-0.3, -0.25) is 14.3 Å². The lowest BCUT2D eigenvalue weighted by Crippen LogP contribution is -2.26. The standard InChI is InChI=1S/C21H19N3O3S/c1-15-14-28-20(22-15)24(16-8-3-2-4-9-16)19(25)12-7-13-23-17-10-5-6-11-18(17)27-21(23)26/h2-6,8-11,14H,7,12-13H2,1H3. The first kappa shape index (κ1) is 18.2. The molecule has 142 valence electrons. The predicted octanol–water partition coefficient (Wildman–Crippen LogP) is 4.50. The van der Waals surface area contributed by atoms with Gasteiger partial charge in [0.2, 0.25) is 5.91 Å². The van der Waals surface area contributed by atoms with E-state index in [-0.39, 0.29) is 5.91 Å². The van der Waals surface area contributed by atoms with Crippen molar-refractivity contribution in [2.75, 3.05) is 4.90 Å². The zero-order chi connectivity index (χ0) is 19.5. The number of anilines is 2. The maximum absolute atomic E-state index is 13.0. The second-order valence-electron chi connectivity index (χ2n) is 6.43. The third kappa shape index (κ3) is 3.61. The molecular formula is C21H19N3O3S. The Bertz CT molecular complexity index is 1160. The summed E-state index contributed by atoms with van der Waals surface area (Å²) in [5, 5.41) is 2.58. The van der Waals surface area contributed by atoms with Crippen molar-refractivity contribution in [2.24, 2.45) is 0 Å². The van der Waals surface area contributed by atoms with Crippen molar-refractivity contribution >= 4 is 39.2 Å². The van der Waals surface area contributed by atoms with E-state index in [1.54, 1.807) is 15.5 Å². The number of thiazole rings is 1. The van der Waals surface area contributed by atoms with Gasteiger partial charge in [-0.25, -0.2) is 9.78 Å². The van der Waals surface area contributed by atoms with E-state index < -0.39 is 5.76 Å². The van der Waals surface area contributed by atoms with Gasteiger partial charge in [0.15, 0.2) is 10.7 Å². The first-order valence-corrected chi connectivity index (χ1v) is 9.90. The molecule has 2 aromatic heterocycles. The minimum atomic E-state index is -0.399. The Balaban J connectivity index is 1.52. The highest BCUT2D eigenvalue weighted by molar-refractivity contribution is 7.14. The Morgan fingerprint density at radius 2 is 1.89 bits per heavy atom. The summed E-state index contributed by atoms with van der Waals surface area (Å²) < 4.78 is 6.82. The summed E-state index contributed by atoms with van der Waals surface area (Å²) in [5.41, 5.74) is 2.97. The van der Waals surface area contributed by atoms with Crippen molar-refractivity contribution in [3.05, 3.63) is 76.2 Å². The number of aryl methyl sites for hydroxylation is 2. The number of benzene rings is 2. The molecule has 0 N–H and O–H groups in total. The smallest absolute Gasteiger partial charge is 0.408 e. The first-order valence-electron chi connectivity index (χ1n) is 9.02. The summed E-state index contributed by atoms with van der Waals surface area (Å²) in [5.74, 6) is -0.453. The van der Waals surface area contributed by atoms with Crippen LogP contribution < -0.4 is 10.7 Å². The number of carbonyl (C=O) groups is 1. The van der Waals surface area contributed by atoms with Crippen LogP contribution in [0.2, 0.25) is 0 Å². The summed E-state index contributed by atoms with van der Waals surface area (Å²) in [6.07, 6.45) is 0.815. The summed E-state index contributed by atoms with van der Waals surface area (Å²) >= 11 is 1.44. The van der Waals surface area contributed by atoms with E-state index >= 15 is 0 Å². The molecule has 0 saturated heterocycles. The lowest BCUT2D eigenvalue weighted by atomic mass is 10.2. The largest absolute Gasteiger partial charge is 0.419 e. The predicted molar refractivity (Wildman–Crippen MR) is 110 cm³/mol. The molecule has 0 aliphatic heterocycles. The molecule has 0 aliphatic carbocycles. The highest BCUT2D eigenvalue weighted by Crippen LogP contribution is 2.29. The number of fused-ring (bicyclic) bond motifs is 1. The van der Waals surface area contributed by atoms with E-state index in [4.69, 9.17) is 4.42 Å². The highest BCUT2D eigenvalue weighted by atomic mass is 32.1. The molecule has 0 fully saturated rings. The molecule has 0 aliphatic rings. The van der Waals surface area contributed by atoms with Crippen LogP contribution in [0.25, 0.3) is 11.1 Å². The number of aromatic nitrogens is 2. The molecule has 1 amide bonds. The minimum absolute atomic E-state index is 0.0543. The van der Waals surface area contributed by atoms with E-state index in [1.807, 2.05) is 60.8 Å². The number of nitrogens with zero attached hydrogens (tertiary/aromatic N) is 3. The number of amides is 1. The molecule has 0 atom stereocenters. The Morgan fingerprint density at radius 3 is 2.64 bits per heavy atom. The van der Waals surface area contributed by atoms with Crippen LogP contribution in [0.4, 0.5) is 10.8 Å². The molecule has 2 heterocycles. The number of carbonyl (C=O) groups excluding carboxylic acids is 1. The Kier molecular flexibility index (Phi) is 5.08. The van der Waals surface area contributed by atoms with Crippen molar-refractivity contribution in [3.8, 4) is 0 Å². The van der Waals surface area contributed by atoms with Gasteiger partial charge in [0.05, 0.1) is 16.9 Å². The number of hydrogen-bond acceptors (Lipinski definition) is 5. The lowest BCUT2D eigenvalue weighted by Gasteiger charge is -2.20. The fourth-order valence-electron chi connectivity index (χ4n) is 3.11. The molecule has 0 unspecified atom stereocenters. The lowest BCUT2D eigenvalue weighted by molar-refractivity contribution is -0.118. The number of rotatable bonds is 6. The third-order valence-electron chi connectivity index (χ3n) is 4.41. The van der Waals surface area contributed by atoms with E-state index in [0.717, 1.165) is 16.9 Å². The van der Waals surface area contributed by atoms with Gasteiger partial charge in [-0.15, -0.1) is 11.3 Å². The van der Waals surface area contributed by atoms with Crippen LogP contribution in [-0.4, -0.2) is 15.5 Å². The summed E-state index contributed by atoms with van der Waals surface area (Å²) in [4.78, 5) is 31.2. The van der Waals surface area contributed by atoms with Crippen LogP contribution in [0.15, 0.2) is 69.2 Å². The molecule has 0 spiro atoms. The van der Waals surface area contributed by atoms with Crippen LogP contribution >= 0.6 is 11.3 Å².